The van der Waals surface area contributed by atoms with Crippen molar-refractivity contribution in [3.8, 4) is 5.75 Å². The molecule has 0 bridgehead atoms. The molecule has 0 heterocycles. The average Bonchev–Trinajstić information content (AvgIpc) is 2.43. The lowest BCUT2D eigenvalue weighted by Gasteiger charge is -2.16. The molecule has 106 valence electrons. The normalized spacial score (nSPS) is 12.2. The molecule has 2 nitrogen and oxygen atoms in total. The Labute approximate surface area is 123 Å². The molecule has 0 fully saturated rings. The quantitative estimate of drug-likeness (QED) is 0.923. The molecule has 0 aromatic heterocycles. The Bertz CT molecular complexity index is 615. The number of hydrogen-bond donors (Lipinski definition) is 1. The summed E-state index contributed by atoms with van der Waals surface area (Å²) in [5.74, 6) is 0.341. The van der Waals surface area contributed by atoms with Gasteiger partial charge in [-0.05, 0) is 37.1 Å². The predicted octanol–water partition coefficient (Wildman–Crippen LogP) is 4.04. The van der Waals surface area contributed by atoms with Crippen LogP contribution in [-0.2, 0) is 6.42 Å². The Morgan fingerprint density at radius 1 is 1.25 bits per heavy atom. The zero-order valence-electron chi connectivity index (χ0n) is 11.5. The molecule has 0 aliphatic heterocycles. The van der Waals surface area contributed by atoms with Crippen LogP contribution in [0.15, 0.2) is 36.4 Å². The lowest BCUT2D eigenvalue weighted by Crippen LogP contribution is -2.14. The van der Waals surface area contributed by atoms with Gasteiger partial charge in [-0.2, -0.15) is 0 Å². The highest BCUT2D eigenvalue weighted by atomic mass is 35.5. The zero-order valence-corrected chi connectivity index (χ0v) is 12.2. The van der Waals surface area contributed by atoms with Crippen LogP contribution >= 0.6 is 11.6 Å². The summed E-state index contributed by atoms with van der Waals surface area (Å²) in [4.78, 5) is 0. The van der Waals surface area contributed by atoms with E-state index in [0.29, 0.717) is 6.42 Å². The van der Waals surface area contributed by atoms with Gasteiger partial charge in [0.1, 0.15) is 11.6 Å². The SMILES string of the molecule is COc1ccc(C)cc1C(N)Cc1ccc(F)c(Cl)c1. The average molecular weight is 294 g/mol. The Kier molecular flexibility index (Phi) is 4.63. The van der Waals surface area contributed by atoms with Gasteiger partial charge in [0.15, 0.2) is 0 Å². The second-order valence-corrected chi connectivity index (χ2v) is 5.21. The number of hydrogen-bond acceptors (Lipinski definition) is 2. The monoisotopic (exact) mass is 293 g/mol. The Hall–Kier alpha value is -1.58. The highest BCUT2D eigenvalue weighted by Gasteiger charge is 2.13. The van der Waals surface area contributed by atoms with Crippen molar-refractivity contribution in [2.75, 3.05) is 7.11 Å². The summed E-state index contributed by atoms with van der Waals surface area (Å²) < 4.78 is 18.5. The van der Waals surface area contributed by atoms with Gasteiger partial charge in [0.2, 0.25) is 0 Å². The number of nitrogens with two attached hydrogens (primary N) is 1. The van der Waals surface area contributed by atoms with Crippen LogP contribution in [0, 0.1) is 12.7 Å². The van der Waals surface area contributed by atoms with Crippen molar-refractivity contribution in [2.24, 2.45) is 5.73 Å². The van der Waals surface area contributed by atoms with Crippen LogP contribution in [0.5, 0.6) is 5.75 Å². The molecule has 0 spiro atoms. The first-order valence-electron chi connectivity index (χ1n) is 6.35. The Morgan fingerprint density at radius 3 is 2.65 bits per heavy atom. The minimum atomic E-state index is -0.419. The summed E-state index contributed by atoms with van der Waals surface area (Å²) in [5, 5.41) is 0.117. The van der Waals surface area contributed by atoms with E-state index in [1.54, 1.807) is 19.2 Å². The van der Waals surface area contributed by atoms with Gasteiger partial charge in [0, 0.05) is 11.6 Å². The van der Waals surface area contributed by atoms with Gasteiger partial charge in [-0.15, -0.1) is 0 Å². The van der Waals surface area contributed by atoms with E-state index in [9.17, 15) is 4.39 Å². The van der Waals surface area contributed by atoms with Gasteiger partial charge < -0.3 is 10.5 Å². The maximum Gasteiger partial charge on any atom is 0.141 e. The van der Waals surface area contributed by atoms with E-state index >= 15 is 0 Å². The van der Waals surface area contributed by atoms with E-state index in [1.807, 2.05) is 25.1 Å². The predicted molar refractivity (Wildman–Crippen MR) is 79.8 cm³/mol. The van der Waals surface area contributed by atoms with Crippen molar-refractivity contribution >= 4 is 11.6 Å². The number of rotatable bonds is 4. The van der Waals surface area contributed by atoms with Crippen molar-refractivity contribution in [3.05, 3.63) is 63.9 Å². The molecule has 1 atom stereocenters. The molecule has 0 aliphatic carbocycles. The molecule has 2 aromatic carbocycles. The highest BCUT2D eigenvalue weighted by molar-refractivity contribution is 6.30. The maximum atomic E-state index is 13.1. The van der Waals surface area contributed by atoms with Gasteiger partial charge in [-0.3, -0.25) is 0 Å². The number of benzene rings is 2. The number of aryl methyl sites for hydroxylation is 1. The first-order valence-corrected chi connectivity index (χ1v) is 6.73. The second-order valence-electron chi connectivity index (χ2n) is 4.80. The van der Waals surface area contributed by atoms with E-state index < -0.39 is 5.82 Å². The maximum absolute atomic E-state index is 13.1. The second kappa shape index (κ2) is 6.25. The fourth-order valence-electron chi connectivity index (χ4n) is 2.17. The summed E-state index contributed by atoms with van der Waals surface area (Å²) in [6, 6.07) is 10.3. The van der Waals surface area contributed by atoms with Gasteiger partial charge in [-0.1, -0.05) is 35.4 Å². The third kappa shape index (κ3) is 3.30. The van der Waals surface area contributed by atoms with Crippen LogP contribution in [0.3, 0.4) is 0 Å². The van der Waals surface area contributed by atoms with Crippen molar-refractivity contribution in [1.82, 2.24) is 0 Å². The molecule has 0 aliphatic rings. The van der Waals surface area contributed by atoms with E-state index in [2.05, 4.69) is 0 Å². The topological polar surface area (TPSA) is 35.2 Å². The molecule has 0 radical (unpaired) electrons. The van der Waals surface area contributed by atoms with Crippen molar-refractivity contribution in [3.63, 3.8) is 0 Å². The van der Waals surface area contributed by atoms with Crippen molar-refractivity contribution < 1.29 is 9.13 Å². The lowest BCUT2D eigenvalue weighted by molar-refractivity contribution is 0.405. The standard InChI is InChI=1S/C16H17ClFNO/c1-10-3-6-16(20-2)12(7-10)15(19)9-11-4-5-14(18)13(17)8-11/h3-8,15H,9,19H2,1-2H3. The van der Waals surface area contributed by atoms with Crippen LogP contribution in [0.2, 0.25) is 5.02 Å². The van der Waals surface area contributed by atoms with Crippen LogP contribution in [0.4, 0.5) is 4.39 Å². The minimum absolute atomic E-state index is 0.117. The third-order valence-electron chi connectivity index (χ3n) is 3.22. The Balaban J connectivity index is 2.25. The first-order chi connectivity index (χ1) is 9.51. The molecular formula is C16H17ClFNO. The van der Waals surface area contributed by atoms with Crippen LogP contribution in [0.1, 0.15) is 22.7 Å². The zero-order chi connectivity index (χ0) is 14.7. The molecule has 1 unspecified atom stereocenters. The van der Waals surface area contributed by atoms with Crippen LogP contribution < -0.4 is 10.5 Å². The number of ether oxygens (including phenoxy) is 1. The summed E-state index contributed by atoms with van der Waals surface area (Å²) in [6.07, 6.45) is 0.569. The summed E-state index contributed by atoms with van der Waals surface area (Å²) in [5.41, 5.74) is 9.20. The minimum Gasteiger partial charge on any atom is -0.496 e. The molecule has 0 saturated heterocycles. The van der Waals surface area contributed by atoms with E-state index in [0.717, 1.165) is 22.4 Å². The van der Waals surface area contributed by atoms with E-state index in [1.165, 1.54) is 6.07 Å². The van der Waals surface area contributed by atoms with Gasteiger partial charge in [-0.25, -0.2) is 4.39 Å². The largest absolute Gasteiger partial charge is 0.496 e. The molecule has 0 amide bonds. The highest BCUT2D eigenvalue weighted by Crippen LogP contribution is 2.28. The first kappa shape index (κ1) is 14.8. The van der Waals surface area contributed by atoms with Gasteiger partial charge in [0.25, 0.3) is 0 Å². The lowest BCUT2D eigenvalue weighted by atomic mass is 9.97. The van der Waals surface area contributed by atoms with Crippen molar-refractivity contribution in [2.45, 2.75) is 19.4 Å². The third-order valence-corrected chi connectivity index (χ3v) is 3.51. The van der Waals surface area contributed by atoms with E-state index in [4.69, 9.17) is 22.1 Å². The molecule has 20 heavy (non-hydrogen) atoms. The van der Waals surface area contributed by atoms with Crippen molar-refractivity contribution in [1.29, 1.82) is 0 Å². The number of methoxy groups -OCH3 is 1. The molecule has 4 heteroatoms. The van der Waals surface area contributed by atoms with Crippen LogP contribution in [-0.4, -0.2) is 7.11 Å². The van der Waals surface area contributed by atoms with Gasteiger partial charge >= 0.3 is 0 Å². The summed E-state index contributed by atoms with van der Waals surface area (Å²) in [7, 11) is 1.62. The summed E-state index contributed by atoms with van der Waals surface area (Å²) in [6.45, 7) is 2.00. The number of halogens is 2. The van der Waals surface area contributed by atoms with E-state index in [-0.39, 0.29) is 11.1 Å². The fourth-order valence-corrected chi connectivity index (χ4v) is 2.38. The fraction of sp³-hybridized carbons (Fsp3) is 0.250. The van der Waals surface area contributed by atoms with Crippen LogP contribution in [0.25, 0.3) is 0 Å². The van der Waals surface area contributed by atoms with Gasteiger partial charge in [0.05, 0.1) is 12.1 Å². The molecule has 0 saturated carbocycles. The molecular weight excluding hydrogens is 277 g/mol. The molecule has 2 N–H and O–H groups in total. The molecule has 2 rings (SSSR count). The smallest absolute Gasteiger partial charge is 0.141 e. The summed E-state index contributed by atoms with van der Waals surface area (Å²) >= 11 is 5.79. The molecule has 2 aromatic rings. The Morgan fingerprint density at radius 2 is 2.00 bits per heavy atom.